The topological polar surface area (TPSA) is 76.0 Å². The molecule has 0 amide bonds. The van der Waals surface area contributed by atoms with Gasteiger partial charge in [0.2, 0.25) is 6.08 Å². The Bertz CT molecular complexity index is 466. The maximum Gasteiger partial charge on any atom is 0.341 e. The second-order valence-corrected chi connectivity index (χ2v) is 2.87. The minimum Gasteiger partial charge on any atom is -0.504 e. The standard InChI is InChI=1S/C10H8FNO4/c1-16-10(15)7-2-6(4-12-5-13)3-8(11)9(7)14/h2-3,14H,4H2,1H3. The van der Waals surface area contributed by atoms with Crippen LogP contribution < -0.4 is 0 Å². The summed E-state index contributed by atoms with van der Waals surface area (Å²) in [6.07, 6.45) is 1.29. The van der Waals surface area contributed by atoms with Gasteiger partial charge in [-0.05, 0) is 17.7 Å². The summed E-state index contributed by atoms with van der Waals surface area (Å²) in [5.74, 6) is -2.63. The van der Waals surface area contributed by atoms with Crippen molar-refractivity contribution in [2.75, 3.05) is 7.11 Å². The van der Waals surface area contributed by atoms with Crippen LogP contribution in [0.1, 0.15) is 15.9 Å². The van der Waals surface area contributed by atoms with Crippen molar-refractivity contribution in [3.8, 4) is 5.75 Å². The zero-order valence-electron chi connectivity index (χ0n) is 8.36. The molecule has 6 heteroatoms. The van der Waals surface area contributed by atoms with E-state index in [4.69, 9.17) is 0 Å². The lowest BCUT2D eigenvalue weighted by Crippen LogP contribution is -2.04. The van der Waals surface area contributed by atoms with Crippen LogP contribution in [0.4, 0.5) is 4.39 Å². The quantitative estimate of drug-likeness (QED) is 0.475. The highest BCUT2D eigenvalue weighted by Crippen LogP contribution is 2.24. The smallest absolute Gasteiger partial charge is 0.341 e. The van der Waals surface area contributed by atoms with Gasteiger partial charge in [0.1, 0.15) is 5.56 Å². The molecule has 5 nitrogen and oxygen atoms in total. The number of aromatic hydroxyl groups is 1. The lowest BCUT2D eigenvalue weighted by Gasteiger charge is -2.05. The predicted molar refractivity (Wildman–Crippen MR) is 51.2 cm³/mol. The number of hydrogen-bond donors (Lipinski definition) is 1. The first-order chi connectivity index (χ1) is 7.60. The Balaban J connectivity index is 3.21. The SMILES string of the molecule is COC(=O)c1cc(CN=C=O)cc(F)c1O. The highest BCUT2D eigenvalue weighted by Gasteiger charge is 2.16. The number of benzene rings is 1. The Hall–Kier alpha value is -2.20. The second kappa shape index (κ2) is 5.04. The molecule has 0 aliphatic carbocycles. The Kier molecular flexibility index (Phi) is 3.74. The summed E-state index contributed by atoms with van der Waals surface area (Å²) in [5, 5.41) is 9.27. The van der Waals surface area contributed by atoms with Gasteiger partial charge in [-0.25, -0.2) is 19.0 Å². The van der Waals surface area contributed by atoms with Gasteiger partial charge in [0.05, 0.1) is 13.7 Å². The van der Waals surface area contributed by atoms with Crippen molar-refractivity contribution in [1.82, 2.24) is 0 Å². The first-order valence-corrected chi connectivity index (χ1v) is 4.23. The van der Waals surface area contributed by atoms with Crippen molar-refractivity contribution in [2.45, 2.75) is 6.54 Å². The van der Waals surface area contributed by atoms with E-state index in [1.54, 1.807) is 0 Å². The number of aliphatic imine (C=N–C) groups is 1. The van der Waals surface area contributed by atoms with E-state index in [2.05, 4.69) is 9.73 Å². The molecule has 1 N–H and O–H groups in total. The Labute approximate surface area is 90.2 Å². The molecule has 0 heterocycles. The third-order valence-electron chi connectivity index (χ3n) is 1.85. The number of isocyanates is 1. The molecule has 0 bridgehead atoms. The number of rotatable bonds is 3. The van der Waals surface area contributed by atoms with Gasteiger partial charge < -0.3 is 9.84 Å². The molecule has 84 valence electrons. The fourth-order valence-electron chi connectivity index (χ4n) is 1.14. The van der Waals surface area contributed by atoms with Crippen LogP contribution in [0.15, 0.2) is 17.1 Å². The highest BCUT2D eigenvalue weighted by molar-refractivity contribution is 5.92. The number of nitrogens with zero attached hydrogens (tertiary/aromatic N) is 1. The number of halogens is 1. The van der Waals surface area contributed by atoms with Crippen molar-refractivity contribution in [3.05, 3.63) is 29.1 Å². The molecule has 16 heavy (non-hydrogen) atoms. The third kappa shape index (κ3) is 2.43. The zero-order chi connectivity index (χ0) is 12.1. The summed E-state index contributed by atoms with van der Waals surface area (Å²) in [7, 11) is 1.11. The second-order valence-electron chi connectivity index (χ2n) is 2.87. The minimum absolute atomic E-state index is 0.120. The normalized spacial score (nSPS) is 9.38. The fourth-order valence-corrected chi connectivity index (χ4v) is 1.14. The summed E-state index contributed by atoms with van der Waals surface area (Å²) in [6.45, 7) is -0.120. The number of esters is 1. The molecule has 1 rings (SSSR count). The number of phenolic OH excluding ortho intramolecular Hbond substituents is 1. The van der Waals surface area contributed by atoms with Gasteiger partial charge in [-0.15, -0.1) is 0 Å². The molecular formula is C10H8FNO4. The lowest BCUT2D eigenvalue weighted by molar-refractivity contribution is 0.0596. The van der Waals surface area contributed by atoms with Gasteiger partial charge >= 0.3 is 5.97 Å². The number of phenols is 1. The van der Waals surface area contributed by atoms with Crippen molar-refractivity contribution in [2.24, 2.45) is 4.99 Å². The zero-order valence-corrected chi connectivity index (χ0v) is 8.36. The van der Waals surface area contributed by atoms with E-state index in [0.717, 1.165) is 13.2 Å². The lowest BCUT2D eigenvalue weighted by atomic mass is 10.1. The van der Waals surface area contributed by atoms with Crippen LogP contribution >= 0.6 is 0 Å². The van der Waals surface area contributed by atoms with Gasteiger partial charge in [-0.1, -0.05) is 0 Å². The molecular weight excluding hydrogens is 217 g/mol. The molecule has 1 aromatic carbocycles. The first-order valence-electron chi connectivity index (χ1n) is 4.23. The van der Waals surface area contributed by atoms with E-state index in [1.807, 2.05) is 0 Å². The number of hydrogen-bond acceptors (Lipinski definition) is 5. The van der Waals surface area contributed by atoms with E-state index >= 15 is 0 Å². The number of methoxy groups -OCH3 is 1. The van der Waals surface area contributed by atoms with E-state index in [9.17, 15) is 19.1 Å². The van der Waals surface area contributed by atoms with Crippen LogP contribution in [0, 0.1) is 5.82 Å². The predicted octanol–water partition coefficient (Wildman–Crippen LogP) is 1.15. The van der Waals surface area contributed by atoms with Gasteiger partial charge in [0, 0.05) is 0 Å². The Morgan fingerprint density at radius 2 is 2.31 bits per heavy atom. The van der Waals surface area contributed by atoms with E-state index in [-0.39, 0.29) is 17.7 Å². The van der Waals surface area contributed by atoms with Crippen LogP contribution in [-0.2, 0) is 16.1 Å². The molecule has 0 saturated carbocycles. The molecule has 1 aromatic rings. The summed E-state index contributed by atoms with van der Waals surface area (Å²) in [6, 6.07) is 2.17. The maximum absolute atomic E-state index is 13.2. The van der Waals surface area contributed by atoms with Crippen LogP contribution in [0.25, 0.3) is 0 Å². The van der Waals surface area contributed by atoms with Crippen LogP contribution in [0.5, 0.6) is 5.75 Å². The molecule has 0 spiro atoms. The average Bonchev–Trinajstić information content (AvgIpc) is 2.29. The summed E-state index contributed by atoms with van der Waals surface area (Å²) in [5.41, 5.74) is -0.0438. The summed E-state index contributed by atoms with van der Waals surface area (Å²) < 4.78 is 17.5. The highest BCUT2D eigenvalue weighted by atomic mass is 19.1. The summed E-state index contributed by atoms with van der Waals surface area (Å²) in [4.78, 5) is 24.3. The van der Waals surface area contributed by atoms with Crippen LogP contribution in [0.3, 0.4) is 0 Å². The van der Waals surface area contributed by atoms with Gasteiger partial charge in [-0.3, -0.25) is 0 Å². The maximum atomic E-state index is 13.2. The molecule has 0 aliphatic heterocycles. The Morgan fingerprint density at radius 3 is 2.88 bits per heavy atom. The minimum atomic E-state index is -0.973. The molecule has 0 aromatic heterocycles. The average molecular weight is 225 g/mol. The molecule has 0 unspecified atom stereocenters. The van der Waals surface area contributed by atoms with Crippen LogP contribution in [0.2, 0.25) is 0 Å². The Morgan fingerprint density at radius 1 is 1.62 bits per heavy atom. The molecule has 0 atom stereocenters. The molecule has 0 aliphatic rings. The fraction of sp³-hybridized carbons (Fsp3) is 0.200. The number of carbonyl (C=O) groups excluding carboxylic acids is 2. The summed E-state index contributed by atoms with van der Waals surface area (Å²) >= 11 is 0. The van der Waals surface area contributed by atoms with E-state index < -0.39 is 17.5 Å². The van der Waals surface area contributed by atoms with Gasteiger partial charge in [-0.2, -0.15) is 0 Å². The monoisotopic (exact) mass is 225 g/mol. The van der Waals surface area contributed by atoms with Crippen molar-refractivity contribution in [3.63, 3.8) is 0 Å². The third-order valence-corrected chi connectivity index (χ3v) is 1.85. The molecule has 0 radical (unpaired) electrons. The van der Waals surface area contributed by atoms with Gasteiger partial charge in [0.25, 0.3) is 0 Å². The van der Waals surface area contributed by atoms with E-state index in [1.165, 1.54) is 12.1 Å². The van der Waals surface area contributed by atoms with E-state index in [0.29, 0.717) is 0 Å². The first kappa shape index (κ1) is 11.9. The molecule has 0 fully saturated rings. The molecule has 0 saturated heterocycles. The van der Waals surface area contributed by atoms with Crippen LogP contribution in [-0.4, -0.2) is 24.3 Å². The number of carbonyl (C=O) groups is 1. The number of ether oxygens (including phenoxy) is 1. The van der Waals surface area contributed by atoms with Gasteiger partial charge in [0.15, 0.2) is 11.6 Å². The largest absolute Gasteiger partial charge is 0.504 e. The van der Waals surface area contributed by atoms with Crippen molar-refractivity contribution >= 4 is 12.0 Å². The van der Waals surface area contributed by atoms with Crippen molar-refractivity contribution < 1.29 is 23.8 Å². The van der Waals surface area contributed by atoms with Crippen molar-refractivity contribution in [1.29, 1.82) is 0 Å².